The Bertz CT molecular complexity index is 1070. The zero-order valence-electron chi connectivity index (χ0n) is 16.2. The molecule has 0 amide bonds. The van der Waals surface area contributed by atoms with Crippen molar-refractivity contribution in [2.24, 2.45) is 4.36 Å². The molecule has 2 aromatic rings. The Hall–Kier alpha value is -2.83. The number of halogens is 10. The summed E-state index contributed by atoms with van der Waals surface area (Å²) in [6, 6.07) is 2.33. The maximum absolute atomic E-state index is 13.4. The summed E-state index contributed by atoms with van der Waals surface area (Å²) in [7, 11) is -1.36. The summed E-state index contributed by atoms with van der Waals surface area (Å²) >= 11 is 0. The molecule has 16 heteroatoms. The van der Waals surface area contributed by atoms with Gasteiger partial charge in [0, 0.05) is 10.6 Å². The van der Waals surface area contributed by atoms with E-state index in [1.807, 2.05) is 0 Å². The fourth-order valence-electron chi connectivity index (χ4n) is 2.37. The highest BCUT2D eigenvalue weighted by Crippen LogP contribution is 2.46. The van der Waals surface area contributed by atoms with Crippen LogP contribution < -0.4 is 4.74 Å². The Morgan fingerprint density at radius 1 is 1.09 bits per heavy atom. The number of hydrogen-bond donors (Lipinski definition) is 0. The van der Waals surface area contributed by atoms with Gasteiger partial charge in [-0.2, -0.15) is 54.3 Å². The van der Waals surface area contributed by atoms with E-state index in [2.05, 4.69) is 14.2 Å². The van der Waals surface area contributed by atoms with Crippen LogP contribution in [0.25, 0.3) is 5.69 Å². The van der Waals surface area contributed by atoms with Crippen molar-refractivity contribution < 1.29 is 48.6 Å². The van der Waals surface area contributed by atoms with Gasteiger partial charge in [0.1, 0.15) is 0 Å². The highest BCUT2D eigenvalue weighted by Gasteiger charge is 2.73. The van der Waals surface area contributed by atoms with Crippen molar-refractivity contribution in [3.05, 3.63) is 36.2 Å². The minimum atomic E-state index is -6.53. The van der Waals surface area contributed by atoms with Crippen molar-refractivity contribution >= 4 is 10.7 Å². The Morgan fingerprint density at radius 2 is 1.73 bits per heavy atom. The molecular weight excluding hydrogens is 498 g/mol. The first-order chi connectivity index (χ1) is 15.0. The molecule has 0 bridgehead atoms. The number of hydrogen-bond acceptors (Lipinski definition) is 4. The molecule has 0 fully saturated rings. The van der Waals surface area contributed by atoms with E-state index in [-0.39, 0.29) is 16.3 Å². The lowest BCUT2D eigenvalue weighted by Crippen LogP contribution is -2.54. The maximum Gasteiger partial charge on any atom is 0.460 e. The molecule has 0 aliphatic heterocycles. The lowest BCUT2D eigenvalue weighted by atomic mass is 10.2. The van der Waals surface area contributed by atoms with Gasteiger partial charge in [0.05, 0.1) is 23.6 Å². The minimum Gasteiger partial charge on any atom is -0.484 e. The second kappa shape index (κ2) is 9.20. The third-order valence-corrected chi connectivity index (χ3v) is 5.69. The van der Waals surface area contributed by atoms with Gasteiger partial charge in [-0.15, -0.1) is 4.36 Å². The zero-order valence-corrected chi connectivity index (χ0v) is 17.0. The molecule has 1 heterocycles. The van der Waals surface area contributed by atoms with Crippen LogP contribution in [0.4, 0.5) is 43.9 Å². The van der Waals surface area contributed by atoms with Crippen molar-refractivity contribution in [2.45, 2.75) is 36.0 Å². The summed E-state index contributed by atoms with van der Waals surface area (Å²) in [6.45, 7) is -0.817. The summed E-state index contributed by atoms with van der Waals surface area (Å²) in [5.41, 5.74) is -1.15. The highest BCUT2D eigenvalue weighted by molar-refractivity contribution is 7.87. The molecule has 0 saturated carbocycles. The molecule has 5 nitrogen and oxygen atoms in total. The van der Waals surface area contributed by atoms with Gasteiger partial charge in [0.15, 0.2) is 12.4 Å². The van der Waals surface area contributed by atoms with Crippen LogP contribution in [0.2, 0.25) is 0 Å². The summed E-state index contributed by atoms with van der Waals surface area (Å²) < 4.78 is 137. The second-order valence-corrected chi connectivity index (χ2v) is 8.14. The number of nitrogens with zero attached hydrogens (tertiary/aromatic N) is 4. The predicted octanol–water partition coefficient (Wildman–Crippen LogP) is 5.76. The summed E-state index contributed by atoms with van der Waals surface area (Å²) in [6.07, 6.45) is -8.31. The molecule has 1 unspecified atom stereocenters. The van der Waals surface area contributed by atoms with Gasteiger partial charge in [-0.1, -0.05) is 6.92 Å². The molecule has 1 aromatic heterocycles. The molecule has 0 radical (unpaired) electrons. The minimum absolute atomic E-state index is 0.0746. The molecule has 182 valence electrons. The van der Waals surface area contributed by atoms with Crippen LogP contribution >= 0.6 is 0 Å². The lowest BCUT2D eigenvalue weighted by Gasteiger charge is -2.27. The number of rotatable bonds is 7. The monoisotopic (exact) mass is 510 g/mol. The molecular formula is C17H12F10N4OS. The average Bonchev–Trinajstić information content (AvgIpc) is 3.17. The van der Waals surface area contributed by atoms with Crippen LogP contribution in [0, 0.1) is 11.5 Å². The number of ether oxygens (including phenoxy) is 1. The smallest absolute Gasteiger partial charge is 0.460 e. The summed E-state index contributed by atoms with van der Waals surface area (Å²) in [5, 5.41) is 12.5. The van der Waals surface area contributed by atoms with Gasteiger partial charge in [-0.25, -0.2) is 4.68 Å². The van der Waals surface area contributed by atoms with Crippen LogP contribution in [0.1, 0.15) is 12.5 Å². The van der Waals surface area contributed by atoms with Gasteiger partial charge in [-0.3, -0.25) is 0 Å². The standard InChI is InChI=1S/C17H12F10N4OS/c1-2-33(30-9-28)13-5-10(15(20,21)22)3-4-12(13)31-7-11(6-29-31)32-8-14(18,19)16(23,24)17(25,26)27/h3-7H,2,8H2,1H3. The normalized spacial score (nSPS) is 14.2. The van der Waals surface area contributed by atoms with Crippen LogP contribution in [-0.4, -0.2) is 40.2 Å². The quantitative estimate of drug-likeness (QED) is 0.351. The Labute approximate surface area is 181 Å². The number of alkyl halides is 10. The van der Waals surface area contributed by atoms with Gasteiger partial charge in [-0.05, 0) is 28.9 Å². The van der Waals surface area contributed by atoms with Crippen LogP contribution in [0.3, 0.4) is 0 Å². The highest BCUT2D eigenvalue weighted by atomic mass is 32.2. The van der Waals surface area contributed by atoms with E-state index in [9.17, 15) is 43.9 Å². The van der Waals surface area contributed by atoms with Gasteiger partial charge in [0.25, 0.3) is 0 Å². The predicted molar refractivity (Wildman–Crippen MR) is 94.2 cm³/mol. The SMILES string of the molecule is CCS(=NC#N)c1cc(C(F)(F)F)ccc1-n1cc(OCC(F)(F)C(F)(F)C(F)(F)F)cn1. The first-order valence-electron chi connectivity index (χ1n) is 8.57. The molecule has 0 N–H and O–H groups in total. The lowest BCUT2D eigenvalue weighted by molar-refractivity contribution is -0.358. The number of aromatic nitrogens is 2. The average molecular weight is 510 g/mol. The fraction of sp³-hybridized carbons (Fsp3) is 0.412. The van der Waals surface area contributed by atoms with Crippen LogP contribution in [0.5, 0.6) is 5.75 Å². The van der Waals surface area contributed by atoms with Crippen molar-refractivity contribution in [2.75, 3.05) is 12.4 Å². The first-order valence-corrected chi connectivity index (χ1v) is 9.92. The fourth-order valence-corrected chi connectivity index (χ4v) is 3.67. The molecule has 1 atom stereocenters. The molecule has 0 aliphatic rings. The molecule has 0 aliphatic carbocycles. The van der Waals surface area contributed by atoms with E-state index in [0.29, 0.717) is 18.3 Å². The van der Waals surface area contributed by atoms with Crippen LogP contribution in [-0.2, 0) is 16.9 Å². The topological polar surface area (TPSA) is 63.2 Å². The van der Waals surface area contributed by atoms with E-state index in [4.69, 9.17) is 5.26 Å². The molecule has 2 rings (SSSR count). The van der Waals surface area contributed by atoms with Crippen LogP contribution in [0.15, 0.2) is 39.9 Å². The second-order valence-electron chi connectivity index (χ2n) is 6.21. The Kier molecular flexibility index (Phi) is 7.36. The third-order valence-electron chi connectivity index (χ3n) is 4.01. The van der Waals surface area contributed by atoms with Crippen molar-refractivity contribution in [3.8, 4) is 17.6 Å². The van der Waals surface area contributed by atoms with Crippen molar-refractivity contribution in [3.63, 3.8) is 0 Å². The van der Waals surface area contributed by atoms with E-state index >= 15 is 0 Å². The zero-order chi connectivity index (χ0) is 25.2. The van der Waals surface area contributed by atoms with E-state index in [0.717, 1.165) is 16.9 Å². The number of nitriles is 1. The van der Waals surface area contributed by atoms with Crippen molar-refractivity contribution in [1.82, 2.24) is 9.78 Å². The molecule has 0 saturated heterocycles. The first kappa shape index (κ1) is 26.4. The molecule has 33 heavy (non-hydrogen) atoms. The van der Waals surface area contributed by atoms with Gasteiger partial charge in [0.2, 0.25) is 6.19 Å². The number of benzene rings is 1. The third kappa shape index (κ3) is 5.57. The molecule has 0 spiro atoms. The van der Waals surface area contributed by atoms with Gasteiger partial charge >= 0.3 is 24.2 Å². The van der Waals surface area contributed by atoms with E-state index in [1.165, 1.54) is 13.1 Å². The maximum atomic E-state index is 13.4. The largest absolute Gasteiger partial charge is 0.484 e. The van der Waals surface area contributed by atoms with Gasteiger partial charge < -0.3 is 4.74 Å². The Morgan fingerprint density at radius 3 is 2.24 bits per heavy atom. The summed E-state index contributed by atoms with van der Waals surface area (Å²) in [5.74, 6) is -12.5. The van der Waals surface area contributed by atoms with Crippen molar-refractivity contribution in [1.29, 1.82) is 5.26 Å². The molecule has 1 aromatic carbocycles. The Balaban J connectivity index is 2.40. The van der Waals surface area contributed by atoms with E-state index in [1.54, 1.807) is 0 Å². The summed E-state index contributed by atoms with van der Waals surface area (Å²) in [4.78, 5) is -0.0996. The van der Waals surface area contributed by atoms with E-state index < -0.39 is 52.8 Å².